The Hall–Kier alpha value is -3.36. The lowest BCUT2D eigenvalue weighted by Gasteiger charge is -2.09. The first-order valence-corrected chi connectivity index (χ1v) is 13.0. The molecule has 1 aliphatic heterocycles. The van der Waals surface area contributed by atoms with Crippen molar-refractivity contribution in [3.8, 4) is 11.1 Å². The van der Waals surface area contributed by atoms with Crippen molar-refractivity contribution < 1.29 is 23.1 Å². The fourth-order valence-electron chi connectivity index (χ4n) is 4.29. The lowest BCUT2D eigenvalue weighted by Crippen LogP contribution is -2.07. The zero-order chi connectivity index (χ0) is 24.6. The summed E-state index contributed by atoms with van der Waals surface area (Å²) < 4.78 is 23.2. The summed E-state index contributed by atoms with van der Waals surface area (Å²) in [6, 6.07) is 12.9. The summed E-state index contributed by atoms with van der Waals surface area (Å²) in [5, 5.41) is 13.2. The van der Waals surface area contributed by atoms with Crippen LogP contribution in [-0.4, -0.2) is 42.4 Å². The van der Waals surface area contributed by atoms with E-state index >= 15 is 0 Å². The number of aromatic amines is 1. The second-order valence-corrected chi connectivity index (χ2v) is 11.0. The van der Waals surface area contributed by atoms with Crippen LogP contribution in [0, 0.1) is 6.92 Å². The van der Waals surface area contributed by atoms with Gasteiger partial charge in [0.1, 0.15) is 9.84 Å². The van der Waals surface area contributed by atoms with Gasteiger partial charge in [0.05, 0.1) is 16.9 Å². The largest absolute Gasteiger partial charge is 0.478 e. The van der Waals surface area contributed by atoms with Crippen LogP contribution < -0.4 is 5.32 Å². The molecule has 2 aromatic carbocycles. The molecule has 0 aliphatic carbocycles. The standard InChI is InChI=1S/C25H23ClN2O5S/c1-14-22(25(30)31)18(6-4-12-34(2,32)33)21(27-14)13-19-23-17(15-8-10-16(26)11-9-15)5-3-7-20(23)28-24(19)29/h3,5,7-11,13,27H,4,6,12H2,1-2H3,(H,28,29)(H,30,31)/b19-13-. The van der Waals surface area contributed by atoms with E-state index in [1.54, 1.807) is 25.1 Å². The molecule has 1 aliphatic rings. The molecule has 0 radical (unpaired) electrons. The average Bonchev–Trinajstić information content (AvgIpc) is 3.24. The van der Waals surface area contributed by atoms with Gasteiger partial charge in [0.2, 0.25) is 0 Å². The maximum Gasteiger partial charge on any atom is 0.337 e. The number of hydrogen-bond acceptors (Lipinski definition) is 4. The molecule has 0 bridgehead atoms. The maximum absolute atomic E-state index is 12.9. The Bertz CT molecular complexity index is 1440. The highest BCUT2D eigenvalue weighted by molar-refractivity contribution is 7.90. The van der Waals surface area contributed by atoms with Crippen LogP contribution in [0.5, 0.6) is 0 Å². The van der Waals surface area contributed by atoms with Gasteiger partial charge in [0.15, 0.2) is 0 Å². The van der Waals surface area contributed by atoms with Gasteiger partial charge in [-0.1, -0.05) is 35.9 Å². The average molecular weight is 499 g/mol. The molecule has 0 spiro atoms. The molecule has 9 heteroatoms. The van der Waals surface area contributed by atoms with Crippen molar-refractivity contribution in [2.24, 2.45) is 0 Å². The number of anilines is 1. The molecule has 4 rings (SSSR count). The molecule has 1 amide bonds. The SMILES string of the molecule is Cc1[nH]c(/C=C2\C(=O)Nc3cccc(-c4ccc(Cl)cc4)c32)c(CCCS(C)(=O)=O)c1C(=O)O. The quantitative estimate of drug-likeness (QED) is 0.404. The lowest BCUT2D eigenvalue weighted by molar-refractivity contribution is -0.110. The molecule has 1 aromatic heterocycles. The fraction of sp³-hybridized carbons (Fsp3) is 0.200. The molecule has 7 nitrogen and oxygen atoms in total. The van der Waals surface area contributed by atoms with Crippen molar-refractivity contribution in [1.82, 2.24) is 4.98 Å². The summed E-state index contributed by atoms with van der Waals surface area (Å²) in [6.07, 6.45) is 3.31. The number of carbonyl (C=O) groups is 2. The number of aryl methyl sites for hydroxylation is 1. The number of amides is 1. The van der Waals surface area contributed by atoms with Gasteiger partial charge < -0.3 is 15.4 Å². The molecule has 176 valence electrons. The van der Waals surface area contributed by atoms with Crippen molar-refractivity contribution in [1.29, 1.82) is 0 Å². The summed E-state index contributed by atoms with van der Waals surface area (Å²) in [6.45, 7) is 1.65. The number of rotatable bonds is 7. The number of hydrogen-bond donors (Lipinski definition) is 3. The number of carboxylic acids is 1. The van der Waals surface area contributed by atoms with E-state index < -0.39 is 15.8 Å². The number of aromatic nitrogens is 1. The highest BCUT2D eigenvalue weighted by Crippen LogP contribution is 2.41. The summed E-state index contributed by atoms with van der Waals surface area (Å²) in [5.41, 5.74) is 4.97. The van der Waals surface area contributed by atoms with Crippen LogP contribution in [0.25, 0.3) is 22.8 Å². The lowest BCUT2D eigenvalue weighted by atomic mass is 9.93. The first-order chi connectivity index (χ1) is 16.0. The van der Waals surface area contributed by atoms with Gasteiger partial charge in [-0.05, 0) is 60.7 Å². The molecule has 0 unspecified atom stereocenters. The van der Waals surface area contributed by atoms with Crippen LogP contribution in [0.2, 0.25) is 5.02 Å². The number of H-pyrrole nitrogens is 1. The van der Waals surface area contributed by atoms with Crippen molar-refractivity contribution in [2.45, 2.75) is 19.8 Å². The van der Waals surface area contributed by atoms with Crippen molar-refractivity contribution >= 4 is 50.7 Å². The van der Waals surface area contributed by atoms with Gasteiger partial charge in [0.25, 0.3) is 5.91 Å². The van der Waals surface area contributed by atoms with E-state index in [4.69, 9.17) is 11.6 Å². The van der Waals surface area contributed by atoms with Crippen LogP contribution in [0.1, 0.15) is 39.3 Å². The van der Waals surface area contributed by atoms with Gasteiger partial charge in [-0.2, -0.15) is 0 Å². The predicted molar refractivity (Wildman–Crippen MR) is 134 cm³/mol. The predicted octanol–water partition coefficient (Wildman–Crippen LogP) is 4.81. The summed E-state index contributed by atoms with van der Waals surface area (Å²) in [7, 11) is -3.19. The molecule has 0 saturated carbocycles. The van der Waals surface area contributed by atoms with Gasteiger partial charge >= 0.3 is 5.97 Å². The van der Waals surface area contributed by atoms with Crippen LogP contribution in [-0.2, 0) is 21.1 Å². The third-order valence-corrected chi connectivity index (χ3v) is 7.03. The smallest absolute Gasteiger partial charge is 0.337 e. The molecule has 0 atom stereocenters. The Balaban J connectivity index is 1.83. The van der Waals surface area contributed by atoms with E-state index in [-0.39, 0.29) is 30.1 Å². The highest BCUT2D eigenvalue weighted by Gasteiger charge is 2.29. The summed E-state index contributed by atoms with van der Waals surface area (Å²) >= 11 is 6.04. The molecular formula is C25H23ClN2O5S. The number of nitrogens with one attached hydrogen (secondary N) is 2. The molecular weight excluding hydrogens is 476 g/mol. The Morgan fingerprint density at radius 3 is 2.50 bits per heavy atom. The minimum atomic E-state index is -3.19. The topological polar surface area (TPSA) is 116 Å². The van der Waals surface area contributed by atoms with Gasteiger partial charge in [-0.15, -0.1) is 0 Å². The number of carbonyl (C=O) groups excluding carboxylic acids is 1. The minimum absolute atomic E-state index is 0.0592. The monoisotopic (exact) mass is 498 g/mol. The number of benzene rings is 2. The van der Waals surface area contributed by atoms with Gasteiger partial charge in [0, 0.05) is 33.9 Å². The Kier molecular flexibility index (Phi) is 6.38. The molecule has 3 N–H and O–H groups in total. The van der Waals surface area contributed by atoms with Crippen molar-refractivity contribution in [2.75, 3.05) is 17.3 Å². The van der Waals surface area contributed by atoms with E-state index in [0.717, 1.165) is 17.4 Å². The van der Waals surface area contributed by atoms with Crippen LogP contribution in [0.4, 0.5) is 5.69 Å². The molecule has 0 saturated heterocycles. The Morgan fingerprint density at radius 2 is 1.85 bits per heavy atom. The minimum Gasteiger partial charge on any atom is -0.478 e. The second-order valence-electron chi connectivity index (χ2n) is 8.30. The maximum atomic E-state index is 12.9. The fourth-order valence-corrected chi connectivity index (χ4v) is 5.08. The third-order valence-electron chi connectivity index (χ3n) is 5.75. The van der Waals surface area contributed by atoms with E-state index in [0.29, 0.717) is 38.8 Å². The third kappa shape index (κ3) is 4.78. The van der Waals surface area contributed by atoms with Crippen molar-refractivity contribution in [3.63, 3.8) is 0 Å². The zero-order valence-electron chi connectivity index (χ0n) is 18.6. The van der Waals surface area contributed by atoms with Crippen molar-refractivity contribution in [3.05, 3.63) is 75.6 Å². The zero-order valence-corrected chi connectivity index (χ0v) is 20.2. The van der Waals surface area contributed by atoms with Crippen LogP contribution in [0.3, 0.4) is 0 Å². The highest BCUT2D eigenvalue weighted by atomic mass is 35.5. The molecule has 3 aromatic rings. The first kappa shape index (κ1) is 23.8. The number of fused-ring (bicyclic) bond motifs is 1. The van der Waals surface area contributed by atoms with E-state index in [1.165, 1.54) is 0 Å². The number of aromatic carboxylic acids is 1. The summed E-state index contributed by atoms with van der Waals surface area (Å²) in [5.74, 6) is -1.47. The van der Waals surface area contributed by atoms with E-state index in [2.05, 4.69) is 10.3 Å². The molecule has 0 fully saturated rings. The number of sulfone groups is 1. The van der Waals surface area contributed by atoms with Gasteiger partial charge in [-0.3, -0.25) is 4.79 Å². The number of halogens is 1. The second kappa shape index (κ2) is 9.12. The Morgan fingerprint density at radius 1 is 1.15 bits per heavy atom. The van der Waals surface area contributed by atoms with Crippen LogP contribution in [0.15, 0.2) is 42.5 Å². The van der Waals surface area contributed by atoms with Crippen LogP contribution >= 0.6 is 11.6 Å². The molecule has 2 heterocycles. The first-order valence-electron chi connectivity index (χ1n) is 10.6. The van der Waals surface area contributed by atoms with E-state index in [1.807, 2.05) is 30.3 Å². The van der Waals surface area contributed by atoms with Gasteiger partial charge in [-0.25, -0.2) is 13.2 Å². The molecule has 34 heavy (non-hydrogen) atoms. The van der Waals surface area contributed by atoms with E-state index in [9.17, 15) is 23.1 Å². The normalized spacial score (nSPS) is 14.3. The summed E-state index contributed by atoms with van der Waals surface area (Å²) in [4.78, 5) is 28.0. The Labute approximate surface area is 202 Å². The number of carboxylic acid groups (broad SMARTS) is 1.